The minimum absolute atomic E-state index is 0.0381. The van der Waals surface area contributed by atoms with Gasteiger partial charge in [-0.15, -0.1) is 10.2 Å². The topological polar surface area (TPSA) is 92.9 Å². The van der Waals surface area contributed by atoms with E-state index in [4.69, 9.17) is 5.84 Å². The minimum atomic E-state index is -0.189. The van der Waals surface area contributed by atoms with Gasteiger partial charge in [-0.25, -0.2) is 5.84 Å². The maximum absolute atomic E-state index is 11.6. The normalized spacial score (nSPS) is 16.9. The molecule has 0 radical (unpaired) electrons. The van der Waals surface area contributed by atoms with Gasteiger partial charge in [-0.3, -0.25) is 4.79 Å². The van der Waals surface area contributed by atoms with Crippen LogP contribution in [0, 0.1) is 0 Å². The molecule has 0 aromatic carbocycles. The largest absolute Gasteiger partial charge is 0.345 e. The monoisotopic (exact) mass is 207 g/mol. The molecule has 0 aliphatic heterocycles. The van der Waals surface area contributed by atoms with Crippen LogP contribution in [0.2, 0.25) is 0 Å². The van der Waals surface area contributed by atoms with Gasteiger partial charge in [0, 0.05) is 5.54 Å². The van der Waals surface area contributed by atoms with E-state index in [2.05, 4.69) is 20.9 Å². The van der Waals surface area contributed by atoms with Crippen molar-refractivity contribution < 1.29 is 4.79 Å². The van der Waals surface area contributed by atoms with E-state index >= 15 is 0 Å². The lowest BCUT2D eigenvalue weighted by Gasteiger charge is -2.10. The predicted octanol–water partition coefficient (Wildman–Crippen LogP) is 0.0445. The summed E-state index contributed by atoms with van der Waals surface area (Å²) in [4.78, 5) is 11.6. The van der Waals surface area contributed by atoms with Gasteiger partial charge in [-0.2, -0.15) is 0 Å². The summed E-state index contributed by atoms with van der Waals surface area (Å²) < 4.78 is 0. The predicted molar refractivity (Wildman–Crippen MR) is 54.9 cm³/mol. The van der Waals surface area contributed by atoms with Crippen LogP contribution >= 0.6 is 0 Å². The van der Waals surface area contributed by atoms with E-state index in [-0.39, 0.29) is 11.4 Å². The molecule has 1 fully saturated rings. The number of nitrogens with one attached hydrogen (secondary N) is 2. The molecule has 0 saturated heterocycles. The van der Waals surface area contributed by atoms with Gasteiger partial charge < -0.3 is 10.7 Å². The van der Waals surface area contributed by atoms with Crippen LogP contribution in [0.1, 0.15) is 30.3 Å². The van der Waals surface area contributed by atoms with Gasteiger partial charge in [-0.05, 0) is 31.9 Å². The second-order valence-corrected chi connectivity index (χ2v) is 3.96. The van der Waals surface area contributed by atoms with Crippen LogP contribution in [0.4, 0.5) is 5.82 Å². The third-order valence-electron chi connectivity index (χ3n) is 2.46. The summed E-state index contributed by atoms with van der Waals surface area (Å²) in [5.74, 6) is 5.38. The van der Waals surface area contributed by atoms with Crippen molar-refractivity contribution in [2.45, 2.75) is 25.3 Å². The molecule has 0 spiro atoms. The molecule has 1 aromatic heterocycles. The molecule has 1 heterocycles. The Morgan fingerprint density at radius 2 is 2.20 bits per heavy atom. The van der Waals surface area contributed by atoms with E-state index in [0.29, 0.717) is 11.5 Å². The molecular weight excluding hydrogens is 194 g/mol. The zero-order valence-corrected chi connectivity index (χ0v) is 8.45. The lowest BCUT2D eigenvalue weighted by atomic mass is 10.3. The molecule has 6 nitrogen and oxygen atoms in total. The fraction of sp³-hybridized carbons (Fsp3) is 0.444. The van der Waals surface area contributed by atoms with Crippen LogP contribution in [0.15, 0.2) is 12.1 Å². The Morgan fingerprint density at radius 3 is 2.67 bits per heavy atom. The van der Waals surface area contributed by atoms with E-state index in [9.17, 15) is 4.79 Å². The van der Waals surface area contributed by atoms with Crippen molar-refractivity contribution in [1.29, 1.82) is 0 Å². The van der Waals surface area contributed by atoms with Gasteiger partial charge in [0.05, 0.1) is 0 Å². The molecule has 1 saturated carbocycles. The Morgan fingerprint density at radius 1 is 1.47 bits per heavy atom. The minimum Gasteiger partial charge on any atom is -0.345 e. The zero-order valence-electron chi connectivity index (χ0n) is 8.45. The smallest absolute Gasteiger partial charge is 0.272 e. The van der Waals surface area contributed by atoms with Gasteiger partial charge in [0.1, 0.15) is 0 Å². The van der Waals surface area contributed by atoms with E-state index < -0.39 is 0 Å². The maximum Gasteiger partial charge on any atom is 0.272 e. The van der Waals surface area contributed by atoms with E-state index in [0.717, 1.165) is 12.8 Å². The van der Waals surface area contributed by atoms with Gasteiger partial charge in [0.2, 0.25) is 0 Å². The number of anilines is 1. The summed E-state index contributed by atoms with van der Waals surface area (Å²) in [5.41, 5.74) is 2.62. The maximum atomic E-state index is 11.6. The zero-order chi connectivity index (χ0) is 10.9. The summed E-state index contributed by atoms with van der Waals surface area (Å²) >= 11 is 0. The molecule has 4 N–H and O–H groups in total. The average Bonchev–Trinajstić information content (AvgIpc) is 2.96. The first kappa shape index (κ1) is 9.85. The molecule has 2 rings (SSSR count). The van der Waals surface area contributed by atoms with E-state index in [1.165, 1.54) is 0 Å². The number of aromatic nitrogens is 2. The van der Waals surface area contributed by atoms with Crippen molar-refractivity contribution in [1.82, 2.24) is 15.5 Å². The Balaban J connectivity index is 2.05. The van der Waals surface area contributed by atoms with Gasteiger partial charge >= 0.3 is 0 Å². The van der Waals surface area contributed by atoms with Crippen molar-refractivity contribution in [3.63, 3.8) is 0 Å². The highest BCUT2D eigenvalue weighted by Crippen LogP contribution is 2.34. The van der Waals surface area contributed by atoms with Crippen LogP contribution in [-0.2, 0) is 0 Å². The summed E-state index contributed by atoms with van der Waals surface area (Å²) in [6, 6.07) is 3.19. The fourth-order valence-corrected chi connectivity index (χ4v) is 1.18. The van der Waals surface area contributed by atoms with E-state index in [1.54, 1.807) is 12.1 Å². The molecule has 0 atom stereocenters. The first-order valence-corrected chi connectivity index (χ1v) is 4.76. The number of hydrazine groups is 1. The number of nitrogen functional groups attached to an aromatic ring is 1. The summed E-state index contributed by atoms with van der Waals surface area (Å²) in [6.07, 6.45) is 2.04. The molecule has 1 aliphatic carbocycles. The van der Waals surface area contributed by atoms with Gasteiger partial charge in [-0.1, -0.05) is 0 Å². The van der Waals surface area contributed by atoms with Crippen molar-refractivity contribution in [3.05, 3.63) is 17.8 Å². The Bertz CT molecular complexity index is 371. The summed E-state index contributed by atoms with van der Waals surface area (Å²) in [6.45, 7) is 2.01. The Kier molecular flexibility index (Phi) is 2.28. The van der Waals surface area contributed by atoms with Crippen molar-refractivity contribution in [3.8, 4) is 0 Å². The standard InChI is InChI=1S/C9H13N5O/c1-9(4-5-9)11-8(15)6-2-3-7(12-10)14-13-6/h2-3H,4-5,10H2,1H3,(H,11,15)(H,12,14). The molecule has 1 aliphatic rings. The molecule has 0 unspecified atom stereocenters. The van der Waals surface area contributed by atoms with Gasteiger partial charge in [0.15, 0.2) is 11.5 Å². The molecule has 80 valence electrons. The average molecular weight is 207 g/mol. The number of nitrogens with two attached hydrogens (primary N) is 1. The highest BCUT2D eigenvalue weighted by Gasteiger charge is 2.39. The number of carbonyl (C=O) groups is 1. The first-order valence-electron chi connectivity index (χ1n) is 4.76. The lowest BCUT2D eigenvalue weighted by molar-refractivity contribution is 0.0929. The molecular formula is C9H13N5O. The quantitative estimate of drug-likeness (QED) is 0.481. The highest BCUT2D eigenvalue weighted by atomic mass is 16.2. The van der Waals surface area contributed by atoms with Crippen molar-refractivity contribution >= 4 is 11.7 Å². The summed E-state index contributed by atoms with van der Waals surface area (Å²) in [5, 5.41) is 10.4. The third kappa shape index (κ3) is 2.21. The van der Waals surface area contributed by atoms with Crippen LogP contribution in [-0.4, -0.2) is 21.6 Å². The molecule has 1 amide bonds. The molecule has 15 heavy (non-hydrogen) atoms. The van der Waals surface area contributed by atoms with Crippen LogP contribution in [0.25, 0.3) is 0 Å². The Hall–Kier alpha value is -1.69. The van der Waals surface area contributed by atoms with Crippen molar-refractivity contribution in [2.24, 2.45) is 5.84 Å². The number of rotatable bonds is 3. The molecule has 6 heteroatoms. The van der Waals surface area contributed by atoms with Gasteiger partial charge in [0.25, 0.3) is 5.91 Å². The second kappa shape index (κ2) is 3.47. The van der Waals surface area contributed by atoms with Crippen LogP contribution in [0.5, 0.6) is 0 Å². The lowest BCUT2D eigenvalue weighted by Crippen LogP contribution is -2.34. The number of hydrogen-bond acceptors (Lipinski definition) is 5. The number of carbonyl (C=O) groups excluding carboxylic acids is 1. The number of nitrogens with zero attached hydrogens (tertiary/aromatic N) is 2. The van der Waals surface area contributed by atoms with Crippen LogP contribution in [0.3, 0.4) is 0 Å². The van der Waals surface area contributed by atoms with Crippen molar-refractivity contribution in [2.75, 3.05) is 5.43 Å². The van der Waals surface area contributed by atoms with E-state index in [1.807, 2.05) is 6.92 Å². The summed E-state index contributed by atoms with van der Waals surface area (Å²) in [7, 11) is 0. The number of hydrogen-bond donors (Lipinski definition) is 3. The highest BCUT2D eigenvalue weighted by molar-refractivity contribution is 5.92. The number of amides is 1. The SMILES string of the molecule is CC1(NC(=O)c2ccc(NN)nn2)CC1. The van der Waals surface area contributed by atoms with Crippen LogP contribution < -0.4 is 16.6 Å². The molecule has 1 aromatic rings. The molecule has 0 bridgehead atoms. The third-order valence-corrected chi connectivity index (χ3v) is 2.46. The first-order chi connectivity index (χ1) is 7.13. The fourth-order valence-electron chi connectivity index (χ4n) is 1.18. The second-order valence-electron chi connectivity index (χ2n) is 3.96. The Labute approximate surface area is 87.2 Å².